The van der Waals surface area contributed by atoms with Crippen molar-refractivity contribution in [2.24, 2.45) is 4.99 Å². The van der Waals surface area contributed by atoms with E-state index in [1.807, 2.05) is 61.5 Å². The van der Waals surface area contributed by atoms with Gasteiger partial charge >= 0.3 is 0 Å². The zero-order chi connectivity index (χ0) is 14.4. The Morgan fingerprint density at radius 2 is 1.70 bits per heavy atom. The van der Waals surface area contributed by atoms with Crippen LogP contribution in [0.2, 0.25) is 0 Å². The lowest BCUT2D eigenvalue weighted by molar-refractivity contribution is 0.154. The quantitative estimate of drug-likeness (QED) is 0.847. The molecule has 0 aliphatic heterocycles. The maximum absolute atomic E-state index is 10.2. The molecule has 2 aromatic rings. The van der Waals surface area contributed by atoms with Gasteiger partial charge in [0.1, 0.15) is 11.9 Å². The van der Waals surface area contributed by atoms with E-state index in [0.29, 0.717) is 0 Å². The summed E-state index contributed by atoms with van der Waals surface area (Å²) < 4.78 is 5.11. The van der Waals surface area contributed by atoms with E-state index in [9.17, 15) is 5.11 Å². The molecule has 0 aliphatic rings. The first kappa shape index (κ1) is 14.3. The largest absolute Gasteiger partial charge is 0.497 e. The Hall–Kier alpha value is -2.13. The van der Waals surface area contributed by atoms with E-state index >= 15 is 0 Å². The van der Waals surface area contributed by atoms with Gasteiger partial charge in [0, 0.05) is 6.21 Å². The standard InChI is InChI=1S/C17H19NO2/c1-13(17(19)15-6-4-3-5-7-15)18-12-14-8-10-16(20-2)11-9-14/h3-13,17,19H,1-2H3/t13-,17-/m0/s1. The van der Waals surface area contributed by atoms with Crippen molar-refractivity contribution in [3.8, 4) is 5.75 Å². The van der Waals surface area contributed by atoms with Gasteiger partial charge in [-0.3, -0.25) is 4.99 Å². The molecule has 20 heavy (non-hydrogen) atoms. The first-order valence-electron chi connectivity index (χ1n) is 6.61. The number of hydrogen-bond acceptors (Lipinski definition) is 3. The van der Waals surface area contributed by atoms with Crippen LogP contribution in [0.25, 0.3) is 0 Å². The van der Waals surface area contributed by atoms with E-state index in [1.54, 1.807) is 13.3 Å². The Bertz CT molecular complexity index is 549. The predicted molar refractivity (Wildman–Crippen MR) is 81.5 cm³/mol. The summed E-state index contributed by atoms with van der Waals surface area (Å²) in [6.07, 6.45) is 1.18. The molecule has 2 atom stereocenters. The number of hydrogen-bond donors (Lipinski definition) is 1. The van der Waals surface area contributed by atoms with Crippen LogP contribution in [0.4, 0.5) is 0 Å². The highest BCUT2D eigenvalue weighted by Crippen LogP contribution is 2.18. The third kappa shape index (κ3) is 3.68. The SMILES string of the molecule is COc1ccc(C=N[C@@H](C)[C@H](O)c2ccccc2)cc1. The zero-order valence-corrected chi connectivity index (χ0v) is 11.7. The Balaban J connectivity index is 2.02. The van der Waals surface area contributed by atoms with Gasteiger partial charge in [0.2, 0.25) is 0 Å². The second-order valence-electron chi connectivity index (χ2n) is 4.65. The molecule has 1 N–H and O–H groups in total. The monoisotopic (exact) mass is 269 g/mol. The van der Waals surface area contributed by atoms with E-state index in [2.05, 4.69) is 4.99 Å². The van der Waals surface area contributed by atoms with Crippen molar-refractivity contribution in [2.45, 2.75) is 19.1 Å². The average molecular weight is 269 g/mol. The van der Waals surface area contributed by atoms with Crippen LogP contribution in [0.15, 0.2) is 59.6 Å². The van der Waals surface area contributed by atoms with Crippen molar-refractivity contribution in [3.63, 3.8) is 0 Å². The van der Waals surface area contributed by atoms with Crippen molar-refractivity contribution >= 4 is 6.21 Å². The summed E-state index contributed by atoms with van der Waals surface area (Å²) in [4.78, 5) is 4.41. The molecule has 2 rings (SSSR count). The number of aliphatic hydroxyl groups is 1. The number of nitrogens with zero attached hydrogens (tertiary/aromatic N) is 1. The van der Waals surface area contributed by atoms with Crippen LogP contribution in [0, 0.1) is 0 Å². The molecule has 0 aromatic heterocycles. The lowest BCUT2D eigenvalue weighted by atomic mass is 10.0. The summed E-state index contributed by atoms with van der Waals surface area (Å²) in [5.74, 6) is 0.819. The van der Waals surface area contributed by atoms with E-state index in [1.165, 1.54) is 0 Å². The first-order chi connectivity index (χ1) is 9.70. The predicted octanol–water partition coefficient (Wildman–Crippen LogP) is 3.24. The average Bonchev–Trinajstić information content (AvgIpc) is 2.53. The maximum Gasteiger partial charge on any atom is 0.118 e. The second-order valence-corrected chi connectivity index (χ2v) is 4.65. The second kappa shape index (κ2) is 6.87. The fourth-order valence-corrected chi connectivity index (χ4v) is 1.90. The number of aliphatic hydroxyl groups excluding tert-OH is 1. The molecule has 0 radical (unpaired) electrons. The maximum atomic E-state index is 10.2. The van der Waals surface area contributed by atoms with Gasteiger partial charge < -0.3 is 9.84 Å². The molecule has 0 unspecified atom stereocenters. The number of ether oxygens (including phenoxy) is 1. The van der Waals surface area contributed by atoms with E-state index < -0.39 is 6.10 Å². The van der Waals surface area contributed by atoms with E-state index in [0.717, 1.165) is 16.9 Å². The first-order valence-corrected chi connectivity index (χ1v) is 6.61. The molecule has 0 bridgehead atoms. The minimum Gasteiger partial charge on any atom is -0.497 e. The molecule has 0 saturated carbocycles. The Morgan fingerprint density at radius 1 is 1.05 bits per heavy atom. The molecule has 104 valence electrons. The number of benzene rings is 2. The van der Waals surface area contributed by atoms with Crippen molar-refractivity contribution in [3.05, 3.63) is 65.7 Å². The molecular weight excluding hydrogens is 250 g/mol. The van der Waals surface area contributed by atoms with Gasteiger partial charge in [0.25, 0.3) is 0 Å². The topological polar surface area (TPSA) is 41.8 Å². The Morgan fingerprint density at radius 3 is 2.30 bits per heavy atom. The zero-order valence-electron chi connectivity index (χ0n) is 11.7. The Labute approximate surface area is 119 Å². The Kier molecular flexibility index (Phi) is 4.91. The van der Waals surface area contributed by atoms with Crippen molar-refractivity contribution < 1.29 is 9.84 Å². The molecule has 2 aromatic carbocycles. The van der Waals surface area contributed by atoms with Crippen LogP contribution in [-0.4, -0.2) is 24.5 Å². The third-order valence-corrected chi connectivity index (χ3v) is 3.17. The fourth-order valence-electron chi connectivity index (χ4n) is 1.90. The van der Waals surface area contributed by atoms with Gasteiger partial charge in [-0.05, 0) is 42.3 Å². The number of aliphatic imine (C=N–C) groups is 1. The van der Waals surface area contributed by atoms with E-state index in [4.69, 9.17) is 4.74 Å². The fraction of sp³-hybridized carbons (Fsp3) is 0.235. The number of methoxy groups -OCH3 is 1. The van der Waals surface area contributed by atoms with Crippen LogP contribution in [-0.2, 0) is 0 Å². The number of rotatable bonds is 5. The third-order valence-electron chi connectivity index (χ3n) is 3.17. The molecule has 0 spiro atoms. The minimum absolute atomic E-state index is 0.195. The van der Waals surface area contributed by atoms with Crippen molar-refractivity contribution in [2.75, 3.05) is 7.11 Å². The highest BCUT2D eigenvalue weighted by Gasteiger charge is 2.14. The highest BCUT2D eigenvalue weighted by molar-refractivity contribution is 5.79. The summed E-state index contributed by atoms with van der Waals surface area (Å²) in [5.41, 5.74) is 1.87. The minimum atomic E-state index is -0.592. The van der Waals surface area contributed by atoms with Gasteiger partial charge in [-0.2, -0.15) is 0 Å². The highest BCUT2D eigenvalue weighted by atomic mass is 16.5. The molecule has 0 fully saturated rings. The molecular formula is C17H19NO2. The molecule has 0 heterocycles. The molecule has 3 nitrogen and oxygen atoms in total. The van der Waals surface area contributed by atoms with Crippen LogP contribution in [0.1, 0.15) is 24.2 Å². The van der Waals surface area contributed by atoms with Crippen molar-refractivity contribution in [1.82, 2.24) is 0 Å². The van der Waals surface area contributed by atoms with Crippen LogP contribution in [0.3, 0.4) is 0 Å². The normalized spacial score (nSPS) is 14.2. The molecule has 0 amide bonds. The molecule has 3 heteroatoms. The summed E-state index contributed by atoms with van der Waals surface area (Å²) in [6, 6.07) is 17.0. The molecule has 0 saturated heterocycles. The van der Waals surface area contributed by atoms with Gasteiger partial charge in [-0.15, -0.1) is 0 Å². The van der Waals surface area contributed by atoms with Gasteiger partial charge in [0.05, 0.1) is 13.2 Å². The lowest BCUT2D eigenvalue weighted by Crippen LogP contribution is -2.12. The van der Waals surface area contributed by atoms with Gasteiger partial charge in [-0.1, -0.05) is 30.3 Å². The van der Waals surface area contributed by atoms with Crippen LogP contribution >= 0.6 is 0 Å². The van der Waals surface area contributed by atoms with Gasteiger partial charge in [0.15, 0.2) is 0 Å². The summed E-state index contributed by atoms with van der Waals surface area (Å²) >= 11 is 0. The lowest BCUT2D eigenvalue weighted by Gasteiger charge is -2.15. The summed E-state index contributed by atoms with van der Waals surface area (Å²) in [7, 11) is 1.64. The van der Waals surface area contributed by atoms with Crippen LogP contribution in [0.5, 0.6) is 5.75 Å². The van der Waals surface area contributed by atoms with E-state index in [-0.39, 0.29) is 6.04 Å². The smallest absolute Gasteiger partial charge is 0.118 e. The molecule has 0 aliphatic carbocycles. The van der Waals surface area contributed by atoms with Crippen LogP contribution < -0.4 is 4.74 Å². The van der Waals surface area contributed by atoms with Gasteiger partial charge in [-0.25, -0.2) is 0 Å². The summed E-state index contributed by atoms with van der Waals surface area (Å²) in [6.45, 7) is 1.90. The van der Waals surface area contributed by atoms with Crippen molar-refractivity contribution in [1.29, 1.82) is 0 Å². The summed E-state index contributed by atoms with van der Waals surface area (Å²) in [5, 5.41) is 10.2.